The lowest BCUT2D eigenvalue weighted by molar-refractivity contribution is -0.118. The average Bonchev–Trinajstić information content (AvgIpc) is 2.41. The van der Waals surface area contributed by atoms with Crippen LogP contribution in [0.25, 0.3) is 10.8 Å². The first-order valence-corrected chi connectivity index (χ1v) is 6.56. The van der Waals surface area contributed by atoms with Gasteiger partial charge in [0.25, 0.3) is 5.56 Å². The minimum Gasteiger partial charge on any atom is -0.368 e. The molecule has 0 unspecified atom stereocenters. The molecule has 6 heteroatoms. The van der Waals surface area contributed by atoms with E-state index in [4.69, 9.17) is 0 Å². The van der Waals surface area contributed by atoms with Gasteiger partial charge in [0.2, 0.25) is 5.91 Å². The number of aromatic nitrogens is 2. The monoisotopic (exact) mass is 274 g/mol. The van der Waals surface area contributed by atoms with Crippen molar-refractivity contribution in [2.75, 3.05) is 18.4 Å². The standard InChI is InChI=1S/C14H18N4O2/c1-9-5-3-6-11-12(9)13(17-18-14(11)20)16-8-4-7-15-10(2)19/h3,5-6H,4,7-8H2,1-2H3,(H,15,19)(H,16,17)(H,18,20). The van der Waals surface area contributed by atoms with Crippen LogP contribution in [0, 0.1) is 6.92 Å². The summed E-state index contributed by atoms with van der Waals surface area (Å²) in [6.07, 6.45) is 0.785. The summed E-state index contributed by atoms with van der Waals surface area (Å²) in [6, 6.07) is 5.59. The lowest BCUT2D eigenvalue weighted by atomic mass is 10.1. The Morgan fingerprint density at radius 2 is 2.15 bits per heavy atom. The fourth-order valence-electron chi connectivity index (χ4n) is 2.08. The molecule has 6 nitrogen and oxygen atoms in total. The van der Waals surface area contributed by atoms with Crippen LogP contribution in [-0.4, -0.2) is 29.2 Å². The lowest BCUT2D eigenvalue weighted by Crippen LogP contribution is -2.23. The van der Waals surface area contributed by atoms with Gasteiger partial charge in [-0.25, -0.2) is 5.10 Å². The average molecular weight is 274 g/mol. The molecule has 0 spiro atoms. The number of hydrogen-bond donors (Lipinski definition) is 3. The van der Waals surface area contributed by atoms with Gasteiger partial charge in [-0.2, -0.15) is 5.10 Å². The number of hydrogen-bond acceptors (Lipinski definition) is 4. The summed E-state index contributed by atoms with van der Waals surface area (Å²) in [7, 11) is 0. The Bertz CT molecular complexity index is 678. The van der Waals surface area contributed by atoms with Crippen molar-refractivity contribution in [1.29, 1.82) is 0 Å². The molecule has 2 aromatic rings. The van der Waals surface area contributed by atoms with Crippen molar-refractivity contribution in [3.63, 3.8) is 0 Å². The summed E-state index contributed by atoms with van der Waals surface area (Å²) in [5, 5.41) is 14.0. The SMILES string of the molecule is CC(=O)NCCCNc1n[nH]c(=O)c2cccc(C)c12. The van der Waals surface area contributed by atoms with E-state index >= 15 is 0 Å². The molecule has 1 aromatic carbocycles. The summed E-state index contributed by atoms with van der Waals surface area (Å²) >= 11 is 0. The summed E-state index contributed by atoms with van der Waals surface area (Å²) in [5.74, 6) is 0.633. The molecule has 0 aliphatic heterocycles. The van der Waals surface area contributed by atoms with E-state index in [2.05, 4.69) is 20.8 Å². The van der Waals surface area contributed by atoms with Crippen LogP contribution < -0.4 is 16.2 Å². The highest BCUT2D eigenvalue weighted by Crippen LogP contribution is 2.21. The number of H-pyrrole nitrogens is 1. The maximum atomic E-state index is 11.7. The fourth-order valence-corrected chi connectivity index (χ4v) is 2.08. The zero-order valence-corrected chi connectivity index (χ0v) is 11.6. The van der Waals surface area contributed by atoms with Crippen LogP contribution in [-0.2, 0) is 4.79 Å². The number of aryl methyl sites for hydroxylation is 1. The zero-order valence-electron chi connectivity index (χ0n) is 11.6. The summed E-state index contributed by atoms with van der Waals surface area (Å²) in [4.78, 5) is 22.5. The molecule has 0 atom stereocenters. The molecule has 106 valence electrons. The van der Waals surface area contributed by atoms with Gasteiger partial charge in [-0.05, 0) is 25.0 Å². The second-order valence-electron chi connectivity index (χ2n) is 4.66. The molecular formula is C14H18N4O2. The molecule has 0 bridgehead atoms. The Kier molecular flexibility index (Phi) is 4.34. The Morgan fingerprint density at radius 3 is 2.90 bits per heavy atom. The van der Waals surface area contributed by atoms with Gasteiger partial charge in [-0.1, -0.05) is 12.1 Å². The number of nitrogens with one attached hydrogen (secondary N) is 3. The van der Waals surface area contributed by atoms with E-state index in [1.54, 1.807) is 6.07 Å². The van der Waals surface area contributed by atoms with E-state index in [1.165, 1.54) is 6.92 Å². The number of anilines is 1. The Morgan fingerprint density at radius 1 is 1.35 bits per heavy atom. The van der Waals surface area contributed by atoms with Gasteiger partial charge in [0.05, 0.1) is 5.39 Å². The van der Waals surface area contributed by atoms with Crippen molar-refractivity contribution in [3.05, 3.63) is 34.1 Å². The number of benzene rings is 1. The van der Waals surface area contributed by atoms with Gasteiger partial charge < -0.3 is 10.6 Å². The van der Waals surface area contributed by atoms with E-state index in [9.17, 15) is 9.59 Å². The lowest BCUT2D eigenvalue weighted by Gasteiger charge is -2.10. The first kappa shape index (κ1) is 14.0. The number of amides is 1. The fraction of sp³-hybridized carbons (Fsp3) is 0.357. The van der Waals surface area contributed by atoms with Gasteiger partial charge in [-0.15, -0.1) is 0 Å². The molecule has 1 heterocycles. The topological polar surface area (TPSA) is 86.9 Å². The number of aromatic amines is 1. The molecule has 20 heavy (non-hydrogen) atoms. The normalized spacial score (nSPS) is 10.5. The number of rotatable bonds is 5. The van der Waals surface area contributed by atoms with Crippen LogP contribution in [0.15, 0.2) is 23.0 Å². The van der Waals surface area contributed by atoms with E-state index in [0.29, 0.717) is 24.3 Å². The molecule has 0 saturated heterocycles. The molecule has 0 fully saturated rings. The van der Waals surface area contributed by atoms with Crippen molar-refractivity contribution >= 4 is 22.5 Å². The van der Waals surface area contributed by atoms with Crippen molar-refractivity contribution in [1.82, 2.24) is 15.5 Å². The highest BCUT2D eigenvalue weighted by molar-refractivity contribution is 5.93. The van der Waals surface area contributed by atoms with Crippen LogP contribution in [0.3, 0.4) is 0 Å². The maximum Gasteiger partial charge on any atom is 0.272 e. The third kappa shape index (κ3) is 3.14. The summed E-state index contributed by atoms with van der Waals surface area (Å²) < 4.78 is 0. The Balaban J connectivity index is 2.13. The predicted molar refractivity (Wildman–Crippen MR) is 78.9 cm³/mol. The molecule has 1 amide bonds. The number of carbonyl (C=O) groups is 1. The van der Waals surface area contributed by atoms with E-state index in [1.807, 2.05) is 19.1 Å². The van der Waals surface area contributed by atoms with Crippen LogP contribution in [0.4, 0.5) is 5.82 Å². The Hall–Kier alpha value is -2.37. The maximum absolute atomic E-state index is 11.7. The quantitative estimate of drug-likeness (QED) is 0.714. The number of nitrogens with zero attached hydrogens (tertiary/aromatic N) is 1. The van der Waals surface area contributed by atoms with Crippen LogP contribution >= 0.6 is 0 Å². The highest BCUT2D eigenvalue weighted by Gasteiger charge is 2.07. The zero-order chi connectivity index (χ0) is 14.5. The molecule has 0 aliphatic rings. The molecular weight excluding hydrogens is 256 g/mol. The van der Waals surface area contributed by atoms with Gasteiger partial charge in [0, 0.05) is 25.4 Å². The highest BCUT2D eigenvalue weighted by atomic mass is 16.1. The van der Waals surface area contributed by atoms with Crippen LogP contribution in [0.5, 0.6) is 0 Å². The molecule has 0 saturated carbocycles. The second kappa shape index (κ2) is 6.18. The number of carbonyl (C=O) groups excluding carboxylic acids is 1. The van der Waals surface area contributed by atoms with Crippen molar-refractivity contribution in [2.45, 2.75) is 20.3 Å². The Labute approximate surface area is 116 Å². The predicted octanol–water partition coefficient (Wildman–Crippen LogP) is 1.17. The minimum atomic E-state index is -0.188. The van der Waals surface area contributed by atoms with E-state index < -0.39 is 0 Å². The van der Waals surface area contributed by atoms with Crippen molar-refractivity contribution in [3.8, 4) is 0 Å². The third-order valence-electron chi connectivity index (χ3n) is 3.04. The third-order valence-corrected chi connectivity index (χ3v) is 3.04. The molecule has 0 aliphatic carbocycles. The van der Waals surface area contributed by atoms with Gasteiger partial charge >= 0.3 is 0 Å². The van der Waals surface area contributed by atoms with Crippen molar-refractivity contribution in [2.24, 2.45) is 0 Å². The first-order valence-electron chi connectivity index (χ1n) is 6.56. The smallest absolute Gasteiger partial charge is 0.272 e. The molecule has 0 radical (unpaired) electrons. The summed E-state index contributed by atoms with van der Waals surface area (Å²) in [5.41, 5.74) is 0.818. The number of fused-ring (bicyclic) bond motifs is 1. The van der Waals surface area contributed by atoms with E-state index in [0.717, 1.165) is 17.4 Å². The van der Waals surface area contributed by atoms with E-state index in [-0.39, 0.29) is 11.5 Å². The summed E-state index contributed by atoms with van der Waals surface area (Å²) in [6.45, 7) is 4.73. The molecule has 2 rings (SSSR count). The second-order valence-corrected chi connectivity index (χ2v) is 4.66. The first-order chi connectivity index (χ1) is 9.59. The van der Waals surface area contributed by atoms with Gasteiger partial charge in [0.1, 0.15) is 0 Å². The van der Waals surface area contributed by atoms with Gasteiger partial charge in [0.15, 0.2) is 5.82 Å². The van der Waals surface area contributed by atoms with Crippen LogP contribution in [0.2, 0.25) is 0 Å². The largest absolute Gasteiger partial charge is 0.368 e. The molecule has 3 N–H and O–H groups in total. The minimum absolute atomic E-state index is 0.0338. The van der Waals surface area contributed by atoms with Crippen LogP contribution in [0.1, 0.15) is 18.9 Å². The molecule has 1 aromatic heterocycles. The van der Waals surface area contributed by atoms with Gasteiger partial charge in [-0.3, -0.25) is 9.59 Å². The van der Waals surface area contributed by atoms with Crippen molar-refractivity contribution < 1.29 is 4.79 Å².